The average Bonchev–Trinajstić information content (AvgIpc) is 2.46. The van der Waals surface area contributed by atoms with Gasteiger partial charge in [0.25, 0.3) is 11.6 Å². The number of rotatable bonds is 4. The molecule has 1 aromatic rings. The third kappa shape index (κ3) is 4.66. The van der Waals surface area contributed by atoms with Crippen LogP contribution in [-0.4, -0.2) is 35.4 Å². The molecule has 1 aliphatic heterocycles. The number of nitro benzene ring substituents is 1. The Morgan fingerprint density at radius 1 is 1.45 bits per heavy atom. The van der Waals surface area contributed by atoms with E-state index in [9.17, 15) is 14.9 Å². The molecule has 0 radical (unpaired) electrons. The highest BCUT2D eigenvalue weighted by Crippen LogP contribution is 2.25. The summed E-state index contributed by atoms with van der Waals surface area (Å²) in [6, 6.07) is 4.35. The summed E-state index contributed by atoms with van der Waals surface area (Å²) in [7, 11) is 0. The summed E-state index contributed by atoms with van der Waals surface area (Å²) in [6.45, 7) is 1.99. The Morgan fingerprint density at radius 3 is 2.82 bits per heavy atom. The Labute approximate surface area is 143 Å². The van der Waals surface area contributed by atoms with Crippen molar-refractivity contribution in [2.45, 2.75) is 19.3 Å². The molecular formula is C14H19BrClN3O3. The van der Waals surface area contributed by atoms with Gasteiger partial charge in [-0.3, -0.25) is 14.9 Å². The number of carbonyl (C=O) groups excluding carboxylic acids is 1. The standard InChI is InChI=1S/C14H18BrN3O3.ClH/c15-12-6-11(7-13(8-12)18(20)21)14(19)17-5-1-2-10(9-17)3-4-16;/h6-8,10H,1-5,9,16H2;1H. The lowest BCUT2D eigenvalue weighted by Gasteiger charge is -2.32. The number of amides is 1. The van der Waals surface area contributed by atoms with Crippen LogP contribution >= 0.6 is 28.3 Å². The van der Waals surface area contributed by atoms with Crippen LogP contribution < -0.4 is 5.73 Å². The minimum absolute atomic E-state index is 0. The molecule has 122 valence electrons. The van der Waals surface area contributed by atoms with Crippen molar-refractivity contribution in [1.82, 2.24) is 4.90 Å². The van der Waals surface area contributed by atoms with E-state index < -0.39 is 4.92 Å². The lowest BCUT2D eigenvalue weighted by Crippen LogP contribution is -2.40. The normalized spacial score (nSPS) is 17.7. The van der Waals surface area contributed by atoms with Gasteiger partial charge in [0.1, 0.15) is 0 Å². The monoisotopic (exact) mass is 391 g/mol. The van der Waals surface area contributed by atoms with Crippen LogP contribution in [0.15, 0.2) is 22.7 Å². The molecule has 22 heavy (non-hydrogen) atoms. The first-order valence-electron chi connectivity index (χ1n) is 6.95. The van der Waals surface area contributed by atoms with Crippen LogP contribution in [0.2, 0.25) is 0 Å². The number of non-ortho nitro benzene ring substituents is 1. The van der Waals surface area contributed by atoms with Gasteiger partial charge in [-0.25, -0.2) is 0 Å². The Balaban J connectivity index is 0.00000242. The summed E-state index contributed by atoms with van der Waals surface area (Å²) in [5.41, 5.74) is 5.85. The number of likely N-dealkylation sites (tertiary alicyclic amines) is 1. The number of hydrogen-bond acceptors (Lipinski definition) is 4. The maximum atomic E-state index is 12.5. The van der Waals surface area contributed by atoms with Crippen molar-refractivity contribution in [3.05, 3.63) is 38.3 Å². The average molecular weight is 393 g/mol. The van der Waals surface area contributed by atoms with E-state index in [1.165, 1.54) is 12.1 Å². The van der Waals surface area contributed by atoms with E-state index in [-0.39, 0.29) is 24.0 Å². The van der Waals surface area contributed by atoms with Gasteiger partial charge in [-0.2, -0.15) is 0 Å². The number of hydrogen-bond donors (Lipinski definition) is 1. The Morgan fingerprint density at radius 2 is 2.18 bits per heavy atom. The van der Waals surface area contributed by atoms with Crippen LogP contribution in [0.3, 0.4) is 0 Å². The molecule has 0 spiro atoms. The van der Waals surface area contributed by atoms with Crippen molar-refractivity contribution < 1.29 is 9.72 Å². The van der Waals surface area contributed by atoms with Gasteiger partial charge in [0.15, 0.2) is 0 Å². The maximum absolute atomic E-state index is 12.5. The summed E-state index contributed by atoms with van der Waals surface area (Å²) < 4.78 is 0.538. The maximum Gasteiger partial charge on any atom is 0.271 e. The van der Waals surface area contributed by atoms with Crippen molar-refractivity contribution in [3.8, 4) is 0 Å². The van der Waals surface area contributed by atoms with E-state index in [1.54, 1.807) is 11.0 Å². The van der Waals surface area contributed by atoms with Crippen molar-refractivity contribution in [3.63, 3.8) is 0 Å². The molecule has 1 saturated heterocycles. The second-order valence-electron chi connectivity index (χ2n) is 5.29. The zero-order valence-electron chi connectivity index (χ0n) is 12.0. The quantitative estimate of drug-likeness (QED) is 0.630. The first-order valence-corrected chi connectivity index (χ1v) is 7.75. The van der Waals surface area contributed by atoms with Crippen molar-refractivity contribution in [2.75, 3.05) is 19.6 Å². The molecule has 1 unspecified atom stereocenters. The molecular weight excluding hydrogens is 374 g/mol. The highest BCUT2D eigenvalue weighted by atomic mass is 79.9. The minimum Gasteiger partial charge on any atom is -0.338 e. The van der Waals surface area contributed by atoms with Crippen LogP contribution in [-0.2, 0) is 0 Å². The van der Waals surface area contributed by atoms with Gasteiger partial charge in [0, 0.05) is 35.3 Å². The molecule has 1 aliphatic rings. The topological polar surface area (TPSA) is 89.5 Å². The van der Waals surface area contributed by atoms with Crippen LogP contribution in [0.25, 0.3) is 0 Å². The third-order valence-electron chi connectivity index (χ3n) is 3.72. The van der Waals surface area contributed by atoms with Gasteiger partial charge < -0.3 is 10.6 Å². The zero-order valence-corrected chi connectivity index (χ0v) is 14.4. The lowest BCUT2D eigenvalue weighted by atomic mass is 9.94. The smallest absolute Gasteiger partial charge is 0.271 e. The molecule has 6 nitrogen and oxygen atoms in total. The molecule has 1 fully saturated rings. The molecule has 0 aliphatic carbocycles. The molecule has 0 bridgehead atoms. The fourth-order valence-corrected chi connectivity index (χ4v) is 3.19. The Kier molecular flexibility index (Phi) is 7.25. The third-order valence-corrected chi connectivity index (χ3v) is 4.18. The number of nitrogens with two attached hydrogens (primary N) is 1. The predicted molar refractivity (Wildman–Crippen MR) is 90.3 cm³/mol. The number of nitrogens with zero attached hydrogens (tertiary/aromatic N) is 2. The summed E-state index contributed by atoms with van der Waals surface area (Å²) in [5, 5.41) is 10.9. The number of carbonyl (C=O) groups is 1. The molecule has 1 aromatic carbocycles. The highest BCUT2D eigenvalue weighted by molar-refractivity contribution is 9.10. The number of benzene rings is 1. The first kappa shape index (κ1) is 18.9. The fraction of sp³-hybridized carbons (Fsp3) is 0.500. The van der Waals surface area contributed by atoms with Crippen molar-refractivity contribution in [2.24, 2.45) is 11.7 Å². The van der Waals surface area contributed by atoms with Gasteiger partial charge in [-0.1, -0.05) is 15.9 Å². The first-order chi connectivity index (χ1) is 10.0. The summed E-state index contributed by atoms with van der Waals surface area (Å²) in [4.78, 5) is 24.7. The van der Waals surface area contributed by atoms with Crippen molar-refractivity contribution >= 4 is 39.9 Å². The van der Waals surface area contributed by atoms with E-state index in [2.05, 4.69) is 15.9 Å². The molecule has 2 rings (SSSR count). The molecule has 8 heteroatoms. The van der Waals surface area contributed by atoms with Crippen LogP contribution in [0.1, 0.15) is 29.6 Å². The van der Waals surface area contributed by atoms with Crippen LogP contribution in [0.4, 0.5) is 5.69 Å². The Bertz CT molecular complexity index is 554. The number of piperidine rings is 1. The van der Waals surface area contributed by atoms with Gasteiger partial charge in [-0.05, 0) is 37.8 Å². The zero-order chi connectivity index (χ0) is 15.4. The van der Waals surface area contributed by atoms with E-state index in [4.69, 9.17) is 5.73 Å². The fourth-order valence-electron chi connectivity index (χ4n) is 2.71. The van der Waals surface area contributed by atoms with E-state index in [0.717, 1.165) is 19.3 Å². The summed E-state index contributed by atoms with van der Waals surface area (Å²) >= 11 is 3.22. The molecule has 1 atom stereocenters. The molecule has 1 heterocycles. The van der Waals surface area contributed by atoms with Crippen LogP contribution in [0.5, 0.6) is 0 Å². The number of halogens is 2. The van der Waals surface area contributed by atoms with Gasteiger partial charge in [-0.15, -0.1) is 12.4 Å². The largest absolute Gasteiger partial charge is 0.338 e. The van der Waals surface area contributed by atoms with Crippen LogP contribution in [0, 0.1) is 16.0 Å². The highest BCUT2D eigenvalue weighted by Gasteiger charge is 2.25. The van der Waals surface area contributed by atoms with Crippen molar-refractivity contribution in [1.29, 1.82) is 0 Å². The SMILES string of the molecule is Cl.NCCC1CCCN(C(=O)c2cc(Br)cc([N+](=O)[O-])c2)C1. The molecule has 0 saturated carbocycles. The molecule has 2 N–H and O–H groups in total. The summed E-state index contributed by atoms with van der Waals surface area (Å²) in [5.74, 6) is 0.274. The lowest BCUT2D eigenvalue weighted by molar-refractivity contribution is -0.385. The van der Waals surface area contributed by atoms with E-state index >= 15 is 0 Å². The minimum atomic E-state index is -0.491. The molecule has 1 amide bonds. The van der Waals surface area contributed by atoms with E-state index in [1.807, 2.05) is 0 Å². The Hall–Kier alpha value is -1.18. The second-order valence-corrected chi connectivity index (χ2v) is 6.21. The van der Waals surface area contributed by atoms with Gasteiger partial charge in [0.2, 0.25) is 0 Å². The predicted octanol–water partition coefficient (Wildman–Crippen LogP) is 2.98. The summed E-state index contributed by atoms with van der Waals surface area (Å²) in [6.07, 6.45) is 2.94. The molecule has 0 aromatic heterocycles. The van der Waals surface area contributed by atoms with E-state index in [0.29, 0.717) is 35.6 Å². The van der Waals surface area contributed by atoms with Gasteiger partial charge >= 0.3 is 0 Å². The second kappa shape index (κ2) is 8.45. The number of nitro groups is 1. The van der Waals surface area contributed by atoms with Gasteiger partial charge in [0.05, 0.1) is 4.92 Å².